The van der Waals surface area contributed by atoms with Crippen LogP contribution in [0.3, 0.4) is 0 Å². The third-order valence-electron chi connectivity index (χ3n) is 4.17. The summed E-state index contributed by atoms with van der Waals surface area (Å²) in [4.78, 5) is 0. The van der Waals surface area contributed by atoms with Gasteiger partial charge < -0.3 is 10.5 Å². The van der Waals surface area contributed by atoms with Crippen LogP contribution in [0.25, 0.3) is 0 Å². The Morgan fingerprint density at radius 3 is 2.88 bits per heavy atom. The van der Waals surface area contributed by atoms with Crippen LogP contribution in [-0.2, 0) is 0 Å². The zero-order valence-electron chi connectivity index (χ0n) is 10.1. The Morgan fingerprint density at radius 1 is 1.47 bits per heavy atom. The van der Waals surface area contributed by atoms with E-state index in [4.69, 9.17) is 10.5 Å². The van der Waals surface area contributed by atoms with Gasteiger partial charge in [-0.2, -0.15) is 0 Å². The van der Waals surface area contributed by atoms with Crippen LogP contribution in [0.1, 0.15) is 44.2 Å². The van der Waals surface area contributed by atoms with Crippen molar-refractivity contribution in [3.63, 3.8) is 0 Å². The summed E-state index contributed by atoms with van der Waals surface area (Å²) in [5, 5.41) is 0. The van der Waals surface area contributed by atoms with Crippen molar-refractivity contribution in [3.05, 3.63) is 29.6 Å². The molecule has 2 N–H and O–H groups in total. The Hall–Kier alpha value is -1.09. The van der Waals surface area contributed by atoms with E-state index in [9.17, 15) is 4.39 Å². The predicted molar refractivity (Wildman–Crippen MR) is 64.3 cm³/mol. The first-order chi connectivity index (χ1) is 8.14. The average molecular weight is 235 g/mol. The molecule has 0 amide bonds. The molecule has 0 bridgehead atoms. The van der Waals surface area contributed by atoms with Gasteiger partial charge in [-0.3, -0.25) is 0 Å². The van der Waals surface area contributed by atoms with Gasteiger partial charge in [0, 0.05) is 18.0 Å². The van der Waals surface area contributed by atoms with Gasteiger partial charge in [-0.05, 0) is 43.4 Å². The van der Waals surface area contributed by atoms with Gasteiger partial charge in [-0.15, -0.1) is 0 Å². The molecule has 1 aliphatic carbocycles. The molecule has 2 nitrogen and oxygen atoms in total. The minimum atomic E-state index is -0.238. The molecule has 1 heterocycles. The fourth-order valence-corrected chi connectivity index (χ4v) is 3.01. The second kappa shape index (κ2) is 3.70. The summed E-state index contributed by atoms with van der Waals surface area (Å²) < 4.78 is 19.4. The highest BCUT2D eigenvalue weighted by molar-refractivity contribution is 5.39. The van der Waals surface area contributed by atoms with E-state index in [1.54, 1.807) is 6.07 Å². The number of hydrogen-bond acceptors (Lipinski definition) is 2. The molecule has 1 aromatic carbocycles. The smallest absolute Gasteiger partial charge is 0.125 e. The Morgan fingerprint density at radius 2 is 2.24 bits per heavy atom. The van der Waals surface area contributed by atoms with Gasteiger partial charge in [0.25, 0.3) is 0 Å². The van der Waals surface area contributed by atoms with Crippen LogP contribution in [0.5, 0.6) is 5.75 Å². The van der Waals surface area contributed by atoms with E-state index in [-0.39, 0.29) is 17.5 Å². The van der Waals surface area contributed by atoms with Crippen LogP contribution < -0.4 is 10.5 Å². The molecule has 3 heteroatoms. The van der Waals surface area contributed by atoms with Gasteiger partial charge in [-0.1, -0.05) is 6.92 Å². The molecular weight excluding hydrogens is 217 g/mol. The molecular formula is C14H18FNO. The van der Waals surface area contributed by atoms with Crippen LogP contribution >= 0.6 is 0 Å². The first-order valence-electron chi connectivity index (χ1n) is 6.38. The number of fused-ring (bicyclic) bond motifs is 1. The number of halogens is 1. The normalized spacial score (nSPS) is 31.8. The molecule has 92 valence electrons. The standard InChI is InChI=1S/C14H18FNO/c1-2-14(9-3-4-9)8-12(16)11-7-10(15)5-6-13(11)17-14/h5-7,9,12H,2-4,8,16H2,1H3. The molecule has 0 aromatic heterocycles. The van der Waals surface area contributed by atoms with E-state index in [1.165, 1.54) is 25.0 Å². The van der Waals surface area contributed by atoms with Crippen molar-refractivity contribution in [1.29, 1.82) is 0 Å². The summed E-state index contributed by atoms with van der Waals surface area (Å²) in [6.45, 7) is 2.15. The molecule has 2 atom stereocenters. The third kappa shape index (κ3) is 1.73. The summed E-state index contributed by atoms with van der Waals surface area (Å²) in [6, 6.07) is 4.57. The fraction of sp³-hybridized carbons (Fsp3) is 0.571. The third-order valence-corrected chi connectivity index (χ3v) is 4.17. The molecule has 3 rings (SSSR count). The summed E-state index contributed by atoms with van der Waals surface area (Å²) >= 11 is 0. The van der Waals surface area contributed by atoms with Gasteiger partial charge >= 0.3 is 0 Å². The molecule has 1 aromatic rings. The topological polar surface area (TPSA) is 35.2 Å². The van der Waals surface area contributed by atoms with Crippen molar-refractivity contribution in [1.82, 2.24) is 0 Å². The number of hydrogen-bond donors (Lipinski definition) is 1. The highest BCUT2D eigenvalue weighted by atomic mass is 19.1. The zero-order valence-corrected chi connectivity index (χ0v) is 10.1. The molecule has 2 aliphatic rings. The van der Waals surface area contributed by atoms with Crippen molar-refractivity contribution < 1.29 is 9.13 Å². The SMILES string of the molecule is CCC1(C2CC2)CC(N)c2cc(F)ccc2O1. The fourth-order valence-electron chi connectivity index (χ4n) is 3.01. The van der Waals surface area contributed by atoms with Crippen LogP contribution in [0.15, 0.2) is 18.2 Å². The van der Waals surface area contributed by atoms with Crippen molar-refractivity contribution in [2.24, 2.45) is 11.7 Å². The second-order valence-corrected chi connectivity index (χ2v) is 5.29. The lowest BCUT2D eigenvalue weighted by atomic mass is 9.82. The minimum absolute atomic E-state index is 0.102. The molecule has 0 saturated heterocycles. The van der Waals surface area contributed by atoms with Crippen molar-refractivity contribution in [3.8, 4) is 5.75 Å². The van der Waals surface area contributed by atoms with Gasteiger partial charge in [0.1, 0.15) is 17.2 Å². The Bertz CT molecular complexity index is 444. The zero-order chi connectivity index (χ0) is 12.0. The van der Waals surface area contributed by atoms with E-state index in [1.807, 2.05) is 0 Å². The predicted octanol–water partition coefficient (Wildman–Crippen LogP) is 3.17. The van der Waals surface area contributed by atoms with Gasteiger partial charge in [0.05, 0.1) is 0 Å². The van der Waals surface area contributed by atoms with Gasteiger partial charge in [-0.25, -0.2) is 4.39 Å². The maximum absolute atomic E-state index is 13.2. The molecule has 0 radical (unpaired) electrons. The molecule has 1 fully saturated rings. The van der Waals surface area contributed by atoms with Crippen LogP contribution in [0, 0.1) is 11.7 Å². The Balaban J connectivity index is 1.99. The lowest BCUT2D eigenvalue weighted by molar-refractivity contribution is 0.0105. The highest BCUT2D eigenvalue weighted by Crippen LogP contribution is 2.51. The Kier molecular flexibility index (Phi) is 2.40. The largest absolute Gasteiger partial charge is 0.487 e. The van der Waals surface area contributed by atoms with Crippen molar-refractivity contribution in [2.45, 2.75) is 44.2 Å². The first kappa shape index (κ1) is 11.0. The number of nitrogens with two attached hydrogens (primary N) is 1. The van der Waals surface area contributed by atoms with E-state index < -0.39 is 0 Å². The molecule has 1 aliphatic heterocycles. The summed E-state index contributed by atoms with van der Waals surface area (Å²) in [6.07, 6.45) is 4.25. The van der Waals surface area contributed by atoms with E-state index in [0.717, 1.165) is 24.2 Å². The van der Waals surface area contributed by atoms with E-state index >= 15 is 0 Å². The number of ether oxygens (including phenoxy) is 1. The lowest BCUT2D eigenvalue weighted by Gasteiger charge is -2.41. The van der Waals surface area contributed by atoms with Gasteiger partial charge in [0.15, 0.2) is 0 Å². The quantitative estimate of drug-likeness (QED) is 0.854. The number of rotatable bonds is 2. The molecule has 2 unspecified atom stereocenters. The van der Waals surface area contributed by atoms with E-state index in [0.29, 0.717) is 5.92 Å². The van der Waals surface area contributed by atoms with E-state index in [2.05, 4.69) is 6.92 Å². The summed E-state index contributed by atoms with van der Waals surface area (Å²) in [5.41, 5.74) is 6.89. The summed E-state index contributed by atoms with van der Waals surface area (Å²) in [7, 11) is 0. The lowest BCUT2D eigenvalue weighted by Crippen LogP contribution is -2.44. The maximum atomic E-state index is 13.2. The van der Waals surface area contributed by atoms with Crippen LogP contribution in [-0.4, -0.2) is 5.60 Å². The molecule has 17 heavy (non-hydrogen) atoms. The minimum Gasteiger partial charge on any atom is -0.487 e. The first-order valence-corrected chi connectivity index (χ1v) is 6.38. The highest BCUT2D eigenvalue weighted by Gasteiger charge is 2.49. The summed E-state index contributed by atoms with van der Waals surface area (Å²) in [5.74, 6) is 1.17. The van der Waals surface area contributed by atoms with Crippen LogP contribution in [0.2, 0.25) is 0 Å². The van der Waals surface area contributed by atoms with Crippen molar-refractivity contribution in [2.75, 3.05) is 0 Å². The van der Waals surface area contributed by atoms with Crippen molar-refractivity contribution >= 4 is 0 Å². The molecule has 1 saturated carbocycles. The number of benzene rings is 1. The second-order valence-electron chi connectivity index (χ2n) is 5.29. The Labute approximate surface area is 101 Å². The monoisotopic (exact) mass is 235 g/mol. The van der Waals surface area contributed by atoms with Crippen LogP contribution in [0.4, 0.5) is 4.39 Å². The van der Waals surface area contributed by atoms with Gasteiger partial charge in [0.2, 0.25) is 0 Å². The maximum Gasteiger partial charge on any atom is 0.125 e. The average Bonchev–Trinajstić information content (AvgIpc) is 3.14. The molecule has 0 spiro atoms.